The largest absolute Gasteiger partial charge is 0.377 e. The van der Waals surface area contributed by atoms with Crippen molar-refractivity contribution >= 4 is 10.0 Å². The molecule has 4 nitrogen and oxygen atoms in total. The molecule has 2 aromatic carbocycles. The number of rotatable bonds is 5. The zero-order chi connectivity index (χ0) is 15.4. The Kier molecular flexibility index (Phi) is 4.57. The van der Waals surface area contributed by atoms with Gasteiger partial charge in [-0.1, -0.05) is 42.5 Å². The summed E-state index contributed by atoms with van der Waals surface area (Å²) in [6, 6.07) is 16.8. The number of sulfonamides is 1. The van der Waals surface area contributed by atoms with Crippen LogP contribution in [-0.2, 0) is 14.8 Å². The number of ether oxygens (including phenoxy) is 1. The molecule has 22 heavy (non-hydrogen) atoms. The highest BCUT2D eigenvalue weighted by Gasteiger charge is 2.20. The van der Waals surface area contributed by atoms with Gasteiger partial charge in [0.25, 0.3) is 0 Å². The van der Waals surface area contributed by atoms with Crippen molar-refractivity contribution in [3.63, 3.8) is 0 Å². The lowest BCUT2D eigenvalue weighted by atomic mass is 10.1. The average Bonchev–Trinajstić information content (AvgIpc) is 3.08. The van der Waals surface area contributed by atoms with Gasteiger partial charge in [-0.3, -0.25) is 0 Å². The minimum atomic E-state index is -3.48. The van der Waals surface area contributed by atoms with Crippen molar-refractivity contribution in [2.24, 2.45) is 0 Å². The standard InChI is InChI=1S/C17H19NO3S/c19-22(20,18-13-16-7-4-12-21-16)17-10-8-15(9-11-17)14-5-2-1-3-6-14/h1-3,5-6,8-11,16,18H,4,7,12-13H2/t16-/m0/s1. The normalized spacial score (nSPS) is 18.5. The van der Waals surface area contributed by atoms with Crippen LogP contribution in [0.4, 0.5) is 0 Å². The first kappa shape index (κ1) is 15.2. The van der Waals surface area contributed by atoms with Gasteiger partial charge in [0, 0.05) is 13.2 Å². The highest BCUT2D eigenvalue weighted by Crippen LogP contribution is 2.21. The van der Waals surface area contributed by atoms with Crippen LogP contribution in [0.2, 0.25) is 0 Å². The maximum atomic E-state index is 12.3. The monoisotopic (exact) mass is 317 g/mol. The lowest BCUT2D eigenvalue weighted by Crippen LogP contribution is -2.31. The fourth-order valence-corrected chi connectivity index (χ4v) is 3.61. The lowest BCUT2D eigenvalue weighted by molar-refractivity contribution is 0.114. The molecule has 0 saturated carbocycles. The predicted molar refractivity (Wildman–Crippen MR) is 86.0 cm³/mol. The Hall–Kier alpha value is -1.69. The van der Waals surface area contributed by atoms with Gasteiger partial charge in [-0.05, 0) is 36.1 Å². The van der Waals surface area contributed by atoms with E-state index in [9.17, 15) is 8.42 Å². The highest BCUT2D eigenvalue weighted by molar-refractivity contribution is 7.89. The topological polar surface area (TPSA) is 55.4 Å². The van der Waals surface area contributed by atoms with E-state index in [4.69, 9.17) is 4.74 Å². The van der Waals surface area contributed by atoms with Crippen molar-refractivity contribution in [1.29, 1.82) is 0 Å². The van der Waals surface area contributed by atoms with E-state index in [1.54, 1.807) is 12.1 Å². The molecule has 0 radical (unpaired) electrons. The fraction of sp³-hybridized carbons (Fsp3) is 0.294. The molecule has 0 spiro atoms. The van der Waals surface area contributed by atoms with Gasteiger partial charge in [0.15, 0.2) is 0 Å². The van der Waals surface area contributed by atoms with E-state index in [1.165, 1.54) is 0 Å². The molecular weight excluding hydrogens is 298 g/mol. The molecule has 0 unspecified atom stereocenters. The fourth-order valence-electron chi connectivity index (χ4n) is 2.55. The summed E-state index contributed by atoms with van der Waals surface area (Å²) in [6.45, 7) is 1.06. The predicted octanol–water partition coefficient (Wildman–Crippen LogP) is 2.81. The Morgan fingerprint density at radius 2 is 1.68 bits per heavy atom. The van der Waals surface area contributed by atoms with Crippen molar-refractivity contribution in [2.75, 3.05) is 13.2 Å². The van der Waals surface area contributed by atoms with Crippen molar-refractivity contribution in [3.05, 3.63) is 54.6 Å². The first-order valence-corrected chi connectivity index (χ1v) is 8.90. The molecule has 1 saturated heterocycles. The van der Waals surface area contributed by atoms with Gasteiger partial charge in [0.05, 0.1) is 11.0 Å². The van der Waals surface area contributed by atoms with Crippen LogP contribution in [0.5, 0.6) is 0 Å². The number of nitrogens with one attached hydrogen (secondary N) is 1. The van der Waals surface area contributed by atoms with Crippen LogP contribution in [0, 0.1) is 0 Å². The number of hydrogen-bond donors (Lipinski definition) is 1. The van der Waals surface area contributed by atoms with E-state index >= 15 is 0 Å². The summed E-state index contributed by atoms with van der Waals surface area (Å²) in [4.78, 5) is 0.283. The molecule has 1 aliphatic rings. The Balaban J connectivity index is 1.71. The van der Waals surface area contributed by atoms with Crippen molar-refractivity contribution in [3.8, 4) is 11.1 Å². The quantitative estimate of drug-likeness (QED) is 0.922. The smallest absolute Gasteiger partial charge is 0.240 e. The maximum Gasteiger partial charge on any atom is 0.240 e. The molecule has 0 bridgehead atoms. The van der Waals surface area contributed by atoms with E-state index in [-0.39, 0.29) is 11.0 Å². The van der Waals surface area contributed by atoms with Gasteiger partial charge < -0.3 is 4.74 Å². The summed E-state index contributed by atoms with van der Waals surface area (Å²) in [6.07, 6.45) is 1.91. The van der Waals surface area contributed by atoms with Gasteiger partial charge in [0.2, 0.25) is 10.0 Å². The molecule has 116 valence electrons. The van der Waals surface area contributed by atoms with Gasteiger partial charge in [-0.2, -0.15) is 0 Å². The summed E-state index contributed by atoms with van der Waals surface area (Å²) in [5.74, 6) is 0. The Morgan fingerprint density at radius 3 is 2.32 bits per heavy atom. The molecular formula is C17H19NO3S. The second kappa shape index (κ2) is 6.60. The highest BCUT2D eigenvalue weighted by atomic mass is 32.2. The first-order valence-electron chi connectivity index (χ1n) is 7.42. The zero-order valence-corrected chi connectivity index (χ0v) is 13.1. The van der Waals surface area contributed by atoms with Crippen LogP contribution in [0.3, 0.4) is 0 Å². The van der Waals surface area contributed by atoms with Crippen molar-refractivity contribution < 1.29 is 13.2 Å². The summed E-state index contributed by atoms with van der Waals surface area (Å²) in [5, 5.41) is 0. The zero-order valence-electron chi connectivity index (χ0n) is 12.2. The lowest BCUT2D eigenvalue weighted by Gasteiger charge is -2.11. The third kappa shape index (κ3) is 3.55. The van der Waals surface area contributed by atoms with Crippen LogP contribution in [0.15, 0.2) is 59.5 Å². The molecule has 0 aromatic heterocycles. The van der Waals surface area contributed by atoms with Crippen molar-refractivity contribution in [2.45, 2.75) is 23.8 Å². The molecule has 0 amide bonds. The van der Waals surface area contributed by atoms with E-state index in [0.29, 0.717) is 6.54 Å². The number of hydrogen-bond acceptors (Lipinski definition) is 3. The van der Waals surface area contributed by atoms with Crippen molar-refractivity contribution in [1.82, 2.24) is 4.72 Å². The van der Waals surface area contributed by atoms with Crippen LogP contribution < -0.4 is 4.72 Å². The first-order chi connectivity index (χ1) is 10.6. The third-order valence-electron chi connectivity index (χ3n) is 3.80. The summed E-state index contributed by atoms with van der Waals surface area (Å²) >= 11 is 0. The van der Waals surface area contributed by atoms with Gasteiger partial charge in [-0.25, -0.2) is 13.1 Å². The maximum absolute atomic E-state index is 12.3. The molecule has 2 aromatic rings. The SMILES string of the molecule is O=S(=O)(NC[C@@H]1CCCO1)c1ccc(-c2ccccc2)cc1. The third-order valence-corrected chi connectivity index (χ3v) is 5.24. The second-order valence-corrected chi connectivity index (χ2v) is 7.14. The molecule has 1 heterocycles. The Morgan fingerprint density at radius 1 is 1.00 bits per heavy atom. The molecule has 0 aliphatic carbocycles. The van der Waals surface area contributed by atoms with E-state index in [2.05, 4.69) is 4.72 Å². The van der Waals surface area contributed by atoms with E-state index < -0.39 is 10.0 Å². The van der Waals surface area contributed by atoms with Gasteiger partial charge in [-0.15, -0.1) is 0 Å². The van der Waals surface area contributed by atoms with E-state index in [1.807, 2.05) is 42.5 Å². The molecule has 1 N–H and O–H groups in total. The average molecular weight is 317 g/mol. The molecule has 3 rings (SSSR count). The minimum absolute atomic E-state index is 0.00151. The van der Waals surface area contributed by atoms with Crippen LogP contribution in [0.1, 0.15) is 12.8 Å². The van der Waals surface area contributed by atoms with Gasteiger partial charge in [0.1, 0.15) is 0 Å². The number of benzene rings is 2. The van der Waals surface area contributed by atoms with E-state index in [0.717, 1.165) is 30.6 Å². The molecule has 1 aliphatic heterocycles. The summed E-state index contributed by atoms with van der Waals surface area (Å²) in [7, 11) is -3.48. The Bertz CT molecular complexity index is 705. The molecule has 1 fully saturated rings. The molecule has 5 heteroatoms. The molecule has 1 atom stereocenters. The van der Waals surface area contributed by atoms with Gasteiger partial charge >= 0.3 is 0 Å². The summed E-state index contributed by atoms with van der Waals surface area (Å²) in [5.41, 5.74) is 2.07. The van der Waals surface area contributed by atoms with Crippen LogP contribution >= 0.6 is 0 Å². The Labute approximate surface area is 131 Å². The minimum Gasteiger partial charge on any atom is -0.377 e. The van der Waals surface area contributed by atoms with Crippen LogP contribution in [-0.4, -0.2) is 27.7 Å². The van der Waals surface area contributed by atoms with Crippen LogP contribution in [0.25, 0.3) is 11.1 Å². The second-order valence-electron chi connectivity index (χ2n) is 5.38. The summed E-state index contributed by atoms with van der Waals surface area (Å²) < 4.78 is 32.6.